The van der Waals surface area contributed by atoms with Crippen LogP contribution in [0.4, 0.5) is 10.5 Å². The Morgan fingerprint density at radius 3 is 2.53 bits per heavy atom. The molecule has 1 atom stereocenters. The lowest BCUT2D eigenvalue weighted by Gasteiger charge is -2.19. The molecule has 19 heavy (non-hydrogen) atoms. The van der Waals surface area contributed by atoms with Crippen molar-refractivity contribution in [2.45, 2.75) is 46.3 Å². The maximum absolute atomic E-state index is 11.6. The van der Waals surface area contributed by atoms with E-state index >= 15 is 0 Å². The highest BCUT2D eigenvalue weighted by Gasteiger charge is 2.21. The highest BCUT2D eigenvalue weighted by molar-refractivity contribution is 5.85. The summed E-state index contributed by atoms with van der Waals surface area (Å²) in [5.74, 6) is -0.991. The average molecular weight is 269 g/mol. The lowest BCUT2D eigenvalue weighted by Crippen LogP contribution is -2.27. The minimum atomic E-state index is -0.991. The number of nitrogens with zero attached hydrogens (tertiary/aromatic N) is 2. The van der Waals surface area contributed by atoms with Gasteiger partial charge < -0.3 is 9.84 Å². The van der Waals surface area contributed by atoms with E-state index in [9.17, 15) is 9.59 Å². The van der Waals surface area contributed by atoms with Crippen molar-refractivity contribution in [2.75, 3.05) is 5.32 Å². The number of hydrogen-bond donors (Lipinski definition) is 2. The van der Waals surface area contributed by atoms with E-state index in [1.54, 1.807) is 27.7 Å². The number of aromatic nitrogens is 2. The first kappa shape index (κ1) is 15.0. The summed E-state index contributed by atoms with van der Waals surface area (Å²) in [5, 5.41) is 15.4. The summed E-state index contributed by atoms with van der Waals surface area (Å²) in [6, 6.07) is -0.797. The lowest BCUT2D eigenvalue weighted by molar-refractivity contribution is -0.140. The molecule has 0 aliphatic heterocycles. The van der Waals surface area contributed by atoms with Gasteiger partial charge in [0.25, 0.3) is 0 Å². The van der Waals surface area contributed by atoms with E-state index in [1.807, 2.05) is 0 Å². The van der Waals surface area contributed by atoms with Crippen molar-refractivity contribution < 1.29 is 19.4 Å². The third kappa shape index (κ3) is 3.97. The van der Waals surface area contributed by atoms with E-state index in [4.69, 9.17) is 9.84 Å². The fourth-order valence-electron chi connectivity index (χ4n) is 1.45. The van der Waals surface area contributed by atoms with Gasteiger partial charge >= 0.3 is 12.1 Å². The molecular formula is C12H19N3O4. The zero-order valence-corrected chi connectivity index (χ0v) is 11.7. The number of anilines is 1. The molecule has 0 saturated carbocycles. The van der Waals surface area contributed by atoms with Crippen molar-refractivity contribution in [1.82, 2.24) is 9.78 Å². The molecule has 1 unspecified atom stereocenters. The Balaban J connectivity index is 2.82. The molecule has 0 bridgehead atoms. The van der Waals surface area contributed by atoms with E-state index in [0.717, 1.165) is 0 Å². The summed E-state index contributed by atoms with van der Waals surface area (Å²) in [6.45, 7) is 8.47. The summed E-state index contributed by atoms with van der Waals surface area (Å²) in [5.41, 5.74) is 0.394. The number of aliphatic carboxylic acids is 1. The molecule has 0 fully saturated rings. The van der Waals surface area contributed by atoms with E-state index in [0.29, 0.717) is 11.4 Å². The molecule has 1 heterocycles. The van der Waals surface area contributed by atoms with Gasteiger partial charge in [0.05, 0.1) is 17.6 Å². The van der Waals surface area contributed by atoms with Crippen LogP contribution in [0.15, 0.2) is 6.20 Å². The number of nitrogens with one attached hydrogen (secondary N) is 1. The minimum Gasteiger partial charge on any atom is -0.480 e. The zero-order chi connectivity index (χ0) is 14.8. The van der Waals surface area contributed by atoms with Gasteiger partial charge in [-0.2, -0.15) is 5.10 Å². The van der Waals surface area contributed by atoms with Gasteiger partial charge in [0, 0.05) is 0 Å². The molecule has 7 heteroatoms. The normalized spacial score (nSPS) is 12.9. The molecule has 1 amide bonds. The first-order valence-electron chi connectivity index (χ1n) is 5.88. The van der Waals surface area contributed by atoms with Crippen molar-refractivity contribution >= 4 is 17.7 Å². The number of carbonyl (C=O) groups excluding carboxylic acids is 1. The molecule has 0 aliphatic rings. The number of hydrogen-bond acceptors (Lipinski definition) is 4. The lowest BCUT2D eigenvalue weighted by atomic mass is 10.2. The standard InChI is InChI=1S/C12H19N3O4/c1-7-9(14-11(18)19-12(3,4)5)6-13-15(7)8(2)10(16)17/h6,8H,1-5H3,(H,14,18)(H,16,17). The van der Waals surface area contributed by atoms with Gasteiger partial charge in [-0.05, 0) is 34.6 Å². The van der Waals surface area contributed by atoms with Crippen molar-refractivity contribution in [2.24, 2.45) is 0 Å². The van der Waals surface area contributed by atoms with Crippen LogP contribution in [0.25, 0.3) is 0 Å². The van der Waals surface area contributed by atoms with Crippen LogP contribution < -0.4 is 5.32 Å². The van der Waals surface area contributed by atoms with E-state index in [2.05, 4.69) is 10.4 Å². The fourth-order valence-corrected chi connectivity index (χ4v) is 1.45. The van der Waals surface area contributed by atoms with Gasteiger partial charge in [-0.1, -0.05) is 0 Å². The number of carboxylic acids is 1. The van der Waals surface area contributed by atoms with Gasteiger partial charge in [-0.25, -0.2) is 9.59 Å². The van der Waals surface area contributed by atoms with Crippen molar-refractivity contribution in [3.05, 3.63) is 11.9 Å². The Morgan fingerprint density at radius 1 is 1.47 bits per heavy atom. The van der Waals surface area contributed by atoms with Crippen LogP contribution in [-0.2, 0) is 9.53 Å². The van der Waals surface area contributed by atoms with Crippen LogP contribution in [0.2, 0.25) is 0 Å². The molecular weight excluding hydrogens is 250 g/mol. The highest BCUT2D eigenvalue weighted by atomic mass is 16.6. The van der Waals surface area contributed by atoms with Gasteiger partial charge in [0.2, 0.25) is 0 Å². The number of carbonyl (C=O) groups is 2. The zero-order valence-electron chi connectivity index (χ0n) is 11.7. The van der Waals surface area contributed by atoms with Crippen molar-refractivity contribution in [3.8, 4) is 0 Å². The second kappa shape index (κ2) is 5.29. The number of ether oxygens (including phenoxy) is 1. The Hall–Kier alpha value is -2.05. The van der Waals surface area contributed by atoms with Gasteiger partial charge in [-0.15, -0.1) is 0 Å². The van der Waals surface area contributed by atoms with Crippen LogP contribution in [0, 0.1) is 6.92 Å². The molecule has 0 aromatic carbocycles. The summed E-state index contributed by atoms with van der Waals surface area (Å²) in [7, 11) is 0. The summed E-state index contributed by atoms with van der Waals surface area (Å²) < 4.78 is 6.44. The number of carboxylic acid groups (broad SMARTS) is 1. The quantitative estimate of drug-likeness (QED) is 0.877. The van der Waals surface area contributed by atoms with Gasteiger partial charge in [0.1, 0.15) is 11.6 Å². The Kier molecular flexibility index (Phi) is 4.18. The Morgan fingerprint density at radius 2 is 2.05 bits per heavy atom. The van der Waals surface area contributed by atoms with Gasteiger partial charge in [0.15, 0.2) is 0 Å². The second-order valence-electron chi connectivity index (χ2n) is 5.23. The third-order valence-corrected chi connectivity index (χ3v) is 2.40. The molecule has 0 saturated heterocycles. The van der Waals surface area contributed by atoms with E-state index < -0.39 is 23.7 Å². The maximum atomic E-state index is 11.6. The fraction of sp³-hybridized carbons (Fsp3) is 0.583. The molecule has 1 aromatic heterocycles. The molecule has 1 rings (SSSR count). The topological polar surface area (TPSA) is 93.5 Å². The smallest absolute Gasteiger partial charge is 0.412 e. The molecule has 1 aromatic rings. The van der Waals surface area contributed by atoms with Crippen molar-refractivity contribution in [1.29, 1.82) is 0 Å². The molecule has 7 nitrogen and oxygen atoms in total. The van der Waals surface area contributed by atoms with E-state index in [-0.39, 0.29) is 0 Å². The van der Waals surface area contributed by atoms with Crippen LogP contribution in [0.5, 0.6) is 0 Å². The predicted molar refractivity (Wildman–Crippen MR) is 69.2 cm³/mol. The largest absolute Gasteiger partial charge is 0.480 e. The van der Waals surface area contributed by atoms with Gasteiger partial charge in [-0.3, -0.25) is 10.00 Å². The minimum absolute atomic E-state index is 0.433. The molecule has 0 spiro atoms. The number of rotatable bonds is 3. The highest BCUT2D eigenvalue weighted by Crippen LogP contribution is 2.19. The van der Waals surface area contributed by atoms with E-state index in [1.165, 1.54) is 17.8 Å². The Labute approximate surface area is 111 Å². The molecule has 2 N–H and O–H groups in total. The maximum Gasteiger partial charge on any atom is 0.412 e. The number of amides is 1. The second-order valence-corrected chi connectivity index (χ2v) is 5.23. The van der Waals surface area contributed by atoms with Crippen molar-refractivity contribution in [3.63, 3.8) is 0 Å². The molecule has 0 aliphatic carbocycles. The predicted octanol–water partition coefficient (Wildman–Crippen LogP) is 2.18. The SMILES string of the molecule is Cc1c(NC(=O)OC(C)(C)C)cnn1C(C)C(=O)O. The Bertz CT molecular complexity index is 488. The summed E-state index contributed by atoms with van der Waals surface area (Å²) >= 11 is 0. The summed E-state index contributed by atoms with van der Waals surface area (Å²) in [4.78, 5) is 22.5. The van der Waals surface area contributed by atoms with Crippen LogP contribution >= 0.6 is 0 Å². The summed E-state index contributed by atoms with van der Waals surface area (Å²) in [6.07, 6.45) is 0.803. The van der Waals surface area contributed by atoms with Crippen LogP contribution in [0.1, 0.15) is 39.4 Å². The van der Waals surface area contributed by atoms with Crippen LogP contribution in [-0.4, -0.2) is 32.6 Å². The van der Waals surface area contributed by atoms with Crippen LogP contribution in [0.3, 0.4) is 0 Å². The molecule has 106 valence electrons. The third-order valence-electron chi connectivity index (χ3n) is 2.40. The monoisotopic (exact) mass is 269 g/mol. The average Bonchev–Trinajstić information content (AvgIpc) is 2.56. The first-order chi connectivity index (χ1) is 8.61. The molecule has 0 radical (unpaired) electrons. The first-order valence-corrected chi connectivity index (χ1v) is 5.88.